The Morgan fingerprint density at radius 1 is 1.43 bits per heavy atom. The molecule has 0 saturated carbocycles. The van der Waals surface area contributed by atoms with Crippen LogP contribution in [0.4, 0.5) is 0 Å². The van der Waals surface area contributed by atoms with Crippen LogP contribution in [-0.4, -0.2) is 20.4 Å². The van der Waals surface area contributed by atoms with E-state index >= 15 is 0 Å². The van der Waals surface area contributed by atoms with Crippen LogP contribution in [0.5, 0.6) is 0 Å². The molecule has 0 fully saturated rings. The second-order valence-corrected chi connectivity index (χ2v) is 8.16. The second kappa shape index (κ2) is 8.19. The SMILES string of the molecule is CCCCCCC(C)NC(=O)c1cc(S(=O)(=O)Cl)c(Br)o1. The third-order valence-corrected chi connectivity index (χ3v) is 5.19. The molecule has 1 atom stereocenters. The van der Waals surface area contributed by atoms with Crippen molar-refractivity contribution in [2.75, 3.05) is 0 Å². The maximum Gasteiger partial charge on any atom is 0.287 e. The largest absolute Gasteiger partial charge is 0.443 e. The number of carbonyl (C=O) groups is 1. The molecule has 1 aromatic rings. The molecule has 1 rings (SSSR count). The molecule has 1 N–H and O–H groups in total. The van der Waals surface area contributed by atoms with Gasteiger partial charge >= 0.3 is 0 Å². The zero-order chi connectivity index (χ0) is 16.0. The van der Waals surface area contributed by atoms with E-state index in [-0.39, 0.29) is 21.4 Å². The molecule has 21 heavy (non-hydrogen) atoms. The Balaban J connectivity index is 2.60. The minimum atomic E-state index is -3.94. The highest BCUT2D eigenvalue weighted by Crippen LogP contribution is 2.28. The molecule has 1 unspecified atom stereocenters. The molecule has 5 nitrogen and oxygen atoms in total. The smallest absolute Gasteiger partial charge is 0.287 e. The summed E-state index contributed by atoms with van der Waals surface area (Å²) in [5, 5.41) is 2.77. The first-order chi connectivity index (χ1) is 9.75. The van der Waals surface area contributed by atoms with Gasteiger partial charge in [0.05, 0.1) is 0 Å². The van der Waals surface area contributed by atoms with Crippen molar-refractivity contribution in [3.05, 3.63) is 16.5 Å². The number of hydrogen-bond donors (Lipinski definition) is 1. The third-order valence-electron chi connectivity index (χ3n) is 3.01. The van der Waals surface area contributed by atoms with Gasteiger partial charge in [-0.05, 0) is 29.3 Å². The number of rotatable bonds is 8. The van der Waals surface area contributed by atoms with E-state index in [9.17, 15) is 13.2 Å². The van der Waals surface area contributed by atoms with Gasteiger partial charge in [-0.15, -0.1) is 0 Å². The standard InChI is InChI=1S/C13H19BrClNO4S/c1-3-4-5-6-7-9(2)16-13(17)10-8-11(12(14)20-10)21(15,18)19/h8-9H,3-7H2,1-2H3,(H,16,17). The van der Waals surface area contributed by atoms with Gasteiger partial charge < -0.3 is 9.73 Å². The highest BCUT2D eigenvalue weighted by molar-refractivity contribution is 9.10. The number of nitrogens with one attached hydrogen (secondary N) is 1. The molecular formula is C13H19BrClNO4S. The molecule has 8 heteroatoms. The van der Waals surface area contributed by atoms with E-state index < -0.39 is 15.0 Å². The van der Waals surface area contributed by atoms with Gasteiger partial charge in [0.2, 0.25) is 0 Å². The summed E-state index contributed by atoms with van der Waals surface area (Å²) < 4.78 is 27.5. The van der Waals surface area contributed by atoms with E-state index in [1.807, 2.05) is 6.92 Å². The molecule has 0 aliphatic carbocycles. The first-order valence-corrected chi connectivity index (χ1v) is 9.90. The Hall–Kier alpha value is -0.530. The zero-order valence-corrected chi connectivity index (χ0v) is 15.1. The summed E-state index contributed by atoms with van der Waals surface area (Å²) in [5.41, 5.74) is 0. The third kappa shape index (κ3) is 6.00. The van der Waals surface area contributed by atoms with Crippen LogP contribution < -0.4 is 5.32 Å². The van der Waals surface area contributed by atoms with Gasteiger partial charge in [0.1, 0.15) is 4.90 Å². The number of unbranched alkanes of at least 4 members (excludes halogenated alkanes) is 3. The molecule has 0 spiro atoms. The minimum Gasteiger partial charge on any atom is -0.443 e. The van der Waals surface area contributed by atoms with Crippen molar-refractivity contribution in [3.8, 4) is 0 Å². The van der Waals surface area contributed by atoms with Gasteiger partial charge in [-0.25, -0.2) is 8.42 Å². The van der Waals surface area contributed by atoms with Crippen LogP contribution in [0.15, 0.2) is 20.0 Å². The first-order valence-electron chi connectivity index (χ1n) is 6.80. The molecule has 1 amide bonds. The van der Waals surface area contributed by atoms with Crippen molar-refractivity contribution in [2.45, 2.75) is 56.9 Å². The molecule has 0 saturated heterocycles. The predicted octanol–water partition coefficient (Wildman–Crippen LogP) is 4.06. The second-order valence-electron chi connectivity index (χ2n) is 4.91. The Morgan fingerprint density at radius 3 is 2.62 bits per heavy atom. The summed E-state index contributed by atoms with van der Waals surface area (Å²) >= 11 is 2.94. The van der Waals surface area contributed by atoms with E-state index in [4.69, 9.17) is 15.1 Å². The topological polar surface area (TPSA) is 76.4 Å². The van der Waals surface area contributed by atoms with Gasteiger partial charge in [0, 0.05) is 22.8 Å². The summed E-state index contributed by atoms with van der Waals surface area (Å²) in [6.45, 7) is 4.05. The van der Waals surface area contributed by atoms with E-state index in [0.717, 1.165) is 31.7 Å². The summed E-state index contributed by atoms with van der Waals surface area (Å²) in [4.78, 5) is 11.7. The van der Waals surface area contributed by atoms with Crippen LogP contribution in [-0.2, 0) is 9.05 Å². The Labute approximate surface area is 138 Å². The van der Waals surface area contributed by atoms with Gasteiger partial charge in [-0.2, -0.15) is 0 Å². The monoisotopic (exact) mass is 399 g/mol. The fraction of sp³-hybridized carbons (Fsp3) is 0.615. The lowest BCUT2D eigenvalue weighted by atomic mass is 10.1. The molecule has 0 aromatic carbocycles. The number of carbonyl (C=O) groups excluding carboxylic acids is 1. The van der Waals surface area contributed by atoms with Gasteiger partial charge in [-0.1, -0.05) is 32.6 Å². The summed E-state index contributed by atoms with van der Waals surface area (Å²) in [5.74, 6) is -0.535. The average molecular weight is 401 g/mol. The summed E-state index contributed by atoms with van der Waals surface area (Å²) in [6, 6.07) is 1.11. The highest BCUT2D eigenvalue weighted by atomic mass is 79.9. The molecule has 0 aliphatic rings. The fourth-order valence-electron chi connectivity index (χ4n) is 1.87. The van der Waals surface area contributed by atoms with Crippen molar-refractivity contribution >= 4 is 41.6 Å². The predicted molar refractivity (Wildman–Crippen MR) is 85.1 cm³/mol. The van der Waals surface area contributed by atoms with Gasteiger partial charge in [0.15, 0.2) is 10.4 Å². The van der Waals surface area contributed by atoms with E-state index in [1.54, 1.807) is 0 Å². The average Bonchev–Trinajstić information content (AvgIpc) is 2.77. The number of hydrogen-bond acceptors (Lipinski definition) is 4. The van der Waals surface area contributed by atoms with Crippen LogP contribution in [0, 0.1) is 0 Å². The normalized spacial score (nSPS) is 13.1. The van der Waals surface area contributed by atoms with Crippen LogP contribution in [0.2, 0.25) is 0 Å². The first kappa shape index (κ1) is 18.5. The lowest BCUT2D eigenvalue weighted by Gasteiger charge is -2.12. The number of amides is 1. The van der Waals surface area contributed by atoms with Crippen molar-refractivity contribution in [1.29, 1.82) is 0 Å². The highest BCUT2D eigenvalue weighted by Gasteiger charge is 2.23. The number of halogens is 2. The van der Waals surface area contributed by atoms with Crippen LogP contribution in [0.3, 0.4) is 0 Å². The van der Waals surface area contributed by atoms with E-state index in [1.165, 1.54) is 6.42 Å². The Bertz CT molecular complexity index is 585. The number of furan rings is 1. The molecule has 0 aliphatic heterocycles. The quantitative estimate of drug-likeness (QED) is 0.527. The van der Waals surface area contributed by atoms with E-state index in [2.05, 4.69) is 28.2 Å². The molecule has 1 heterocycles. The maximum atomic E-state index is 12.0. The summed E-state index contributed by atoms with van der Waals surface area (Å²) in [7, 11) is 1.29. The minimum absolute atomic E-state index is 0.00529. The Morgan fingerprint density at radius 2 is 2.10 bits per heavy atom. The van der Waals surface area contributed by atoms with Crippen LogP contribution in [0.1, 0.15) is 56.5 Å². The molecule has 0 bridgehead atoms. The molecule has 120 valence electrons. The zero-order valence-electron chi connectivity index (χ0n) is 12.0. The van der Waals surface area contributed by atoms with Gasteiger partial charge in [-0.3, -0.25) is 4.79 Å². The van der Waals surface area contributed by atoms with Crippen molar-refractivity contribution in [1.82, 2.24) is 5.32 Å². The summed E-state index contributed by atoms with van der Waals surface area (Å²) in [6.07, 6.45) is 5.39. The molecule has 1 aromatic heterocycles. The van der Waals surface area contributed by atoms with Crippen molar-refractivity contribution in [3.63, 3.8) is 0 Å². The lowest BCUT2D eigenvalue weighted by Crippen LogP contribution is -2.32. The van der Waals surface area contributed by atoms with Crippen molar-refractivity contribution in [2.24, 2.45) is 0 Å². The molecular weight excluding hydrogens is 382 g/mol. The van der Waals surface area contributed by atoms with Crippen LogP contribution >= 0.6 is 26.6 Å². The Kier molecular flexibility index (Phi) is 7.23. The van der Waals surface area contributed by atoms with Crippen LogP contribution in [0.25, 0.3) is 0 Å². The van der Waals surface area contributed by atoms with Gasteiger partial charge in [0.25, 0.3) is 15.0 Å². The van der Waals surface area contributed by atoms with E-state index in [0.29, 0.717) is 0 Å². The van der Waals surface area contributed by atoms with Crippen molar-refractivity contribution < 1.29 is 17.6 Å². The lowest BCUT2D eigenvalue weighted by molar-refractivity contribution is 0.0908. The maximum absolute atomic E-state index is 12.0. The fourth-order valence-corrected chi connectivity index (χ4v) is 3.91. The molecule has 0 radical (unpaired) electrons.